The van der Waals surface area contributed by atoms with Crippen molar-refractivity contribution in [2.24, 2.45) is 0 Å². The second-order valence-electron chi connectivity index (χ2n) is 6.95. The van der Waals surface area contributed by atoms with Crippen molar-refractivity contribution in [3.63, 3.8) is 0 Å². The van der Waals surface area contributed by atoms with E-state index in [0.29, 0.717) is 11.6 Å². The van der Waals surface area contributed by atoms with Crippen LogP contribution in [0.25, 0.3) is 0 Å². The van der Waals surface area contributed by atoms with Crippen molar-refractivity contribution in [2.75, 3.05) is 11.9 Å². The maximum absolute atomic E-state index is 12.3. The first-order valence-corrected chi connectivity index (χ1v) is 14.2. The van der Waals surface area contributed by atoms with E-state index in [0.717, 1.165) is 20.5 Å². The average Bonchev–Trinajstić information content (AvgIpc) is 2.80. The Morgan fingerprint density at radius 1 is 1.00 bits per heavy atom. The molecule has 0 saturated heterocycles. The van der Waals surface area contributed by atoms with Crippen molar-refractivity contribution in [1.29, 1.82) is 0 Å². The molecule has 0 amide bonds. The fourth-order valence-corrected chi connectivity index (χ4v) is 5.46. The van der Waals surface area contributed by atoms with Gasteiger partial charge in [0.25, 0.3) is 3.58 Å². The summed E-state index contributed by atoms with van der Waals surface area (Å²) in [6.07, 6.45) is 0. The molecule has 1 N–H and O–H groups in total. The lowest BCUT2D eigenvalue weighted by Crippen LogP contribution is -3.61. The topological polar surface area (TPSA) is 95.5 Å². The van der Waals surface area contributed by atoms with Crippen molar-refractivity contribution < 1.29 is 43.7 Å². The van der Waals surface area contributed by atoms with Crippen LogP contribution in [0, 0.1) is 10.5 Å². The molecule has 34 heavy (non-hydrogen) atoms. The first-order valence-electron chi connectivity index (χ1n) is 10.2. The van der Waals surface area contributed by atoms with Gasteiger partial charge in [0.1, 0.15) is 10.1 Å². The number of allylic oxidation sites excluding steroid dienone is 1. The number of carbonyl (C=O) groups is 1. The lowest BCUT2D eigenvalue weighted by Gasteiger charge is -2.07. The van der Waals surface area contributed by atoms with Gasteiger partial charge in [-0.2, -0.15) is 0 Å². The zero-order valence-electron chi connectivity index (χ0n) is 18.9. The van der Waals surface area contributed by atoms with E-state index in [2.05, 4.69) is 5.32 Å². The Hall–Kier alpha value is -2.40. The van der Waals surface area contributed by atoms with Crippen LogP contribution in [0.3, 0.4) is 0 Å². The van der Waals surface area contributed by atoms with Crippen LogP contribution in [0.15, 0.2) is 93.0 Å². The van der Waals surface area contributed by atoms with Gasteiger partial charge in [-0.15, -0.1) is 0 Å². The molecule has 3 aromatic rings. The third-order valence-electron chi connectivity index (χ3n) is 4.21. The lowest BCUT2D eigenvalue weighted by atomic mass is 10.2. The van der Waals surface area contributed by atoms with Crippen molar-refractivity contribution in [3.8, 4) is 0 Å². The molecule has 0 aliphatic heterocycles. The predicted octanol–water partition coefficient (Wildman–Crippen LogP) is 2.40. The largest absolute Gasteiger partial charge is 0.744 e. The number of anilines is 1. The smallest absolute Gasteiger partial charge is 0.387 e. The quantitative estimate of drug-likeness (QED) is 0.190. The summed E-state index contributed by atoms with van der Waals surface area (Å²) in [5.74, 6) is -0.247. The molecule has 0 atom stereocenters. The number of ether oxygens (including phenoxy) is 1. The number of carbonyl (C=O) groups excluding carboxylic acids is 1. The Labute approximate surface area is 216 Å². The number of aryl methyl sites for hydroxylation is 1. The molecule has 0 saturated carbocycles. The molecule has 3 aromatic carbocycles. The number of esters is 1. The molecule has 0 radical (unpaired) electrons. The van der Waals surface area contributed by atoms with Gasteiger partial charge in [-0.25, -0.2) is 13.2 Å². The van der Waals surface area contributed by atoms with Gasteiger partial charge in [0, 0.05) is 10.7 Å². The Morgan fingerprint density at radius 2 is 1.59 bits per heavy atom. The van der Waals surface area contributed by atoms with Crippen molar-refractivity contribution >= 4 is 33.4 Å². The van der Waals surface area contributed by atoms with Crippen molar-refractivity contribution in [2.45, 2.75) is 25.7 Å². The van der Waals surface area contributed by atoms with E-state index < -0.39 is 31.3 Å². The van der Waals surface area contributed by atoms with Gasteiger partial charge in [-0.05, 0) is 69.3 Å². The maximum Gasteiger partial charge on any atom is 0.387 e. The Morgan fingerprint density at radius 3 is 2.12 bits per heavy atom. The third-order valence-corrected chi connectivity index (χ3v) is 8.44. The van der Waals surface area contributed by atoms with E-state index in [-0.39, 0.29) is 10.9 Å². The van der Waals surface area contributed by atoms with Gasteiger partial charge in [0.05, 0.1) is 17.2 Å². The van der Waals surface area contributed by atoms with E-state index >= 15 is 0 Å². The molecule has 9 heteroatoms. The normalized spacial score (nSPS) is 11.6. The maximum atomic E-state index is 12.3. The van der Waals surface area contributed by atoms with E-state index in [1.807, 2.05) is 75.4 Å². The van der Waals surface area contributed by atoms with Gasteiger partial charge in [0.2, 0.25) is 0 Å². The van der Waals surface area contributed by atoms with Gasteiger partial charge in [-0.1, -0.05) is 47.5 Å². The van der Waals surface area contributed by atoms with E-state index in [1.165, 1.54) is 15.7 Å². The molecule has 6 nitrogen and oxygen atoms in total. The van der Waals surface area contributed by atoms with Gasteiger partial charge in [-0.3, -0.25) is 0 Å². The average molecular weight is 614 g/mol. The molecule has 3 rings (SSSR count). The zero-order valence-corrected chi connectivity index (χ0v) is 22.6. The molecule has 0 spiro atoms. The van der Waals surface area contributed by atoms with E-state index in [1.54, 1.807) is 12.1 Å². The molecule has 0 aliphatic carbocycles. The number of rotatable bonds is 7. The van der Waals surface area contributed by atoms with Crippen LogP contribution in [-0.2, 0) is 19.6 Å². The summed E-state index contributed by atoms with van der Waals surface area (Å²) in [6.45, 7) is 5.91. The molecule has 0 aromatic heterocycles. The standard InChI is InChI=1S/C18H17ClINO2.C7H8O3S/c1-3-23-18(22)17(20-15-7-5-4-6-8-15)13(2)21-16-11-9-14(19)10-12-16;1-6-2-4-7(5-3-6)11(8,9)10/h4-12H,3H2,1-2H3;2-5H,1H3,(H,8,9,10). The van der Waals surface area contributed by atoms with Crippen molar-refractivity contribution in [1.82, 2.24) is 0 Å². The van der Waals surface area contributed by atoms with E-state index in [4.69, 9.17) is 16.3 Å². The monoisotopic (exact) mass is 613 g/mol. The fourth-order valence-electron chi connectivity index (χ4n) is 2.55. The van der Waals surface area contributed by atoms with Crippen LogP contribution in [0.5, 0.6) is 0 Å². The Kier molecular flexibility index (Phi) is 11.0. The second kappa shape index (κ2) is 13.5. The molecular formula is C25H25ClINO5S. The fraction of sp³-hybridized carbons (Fsp3) is 0.160. The highest BCUT2D eigenvalue weighted by Gasteiger charge is 2.31. The highest BCUT2D eigenvalue weighted by molar-refractivity contribution is 7.85. The minimum atomic E-state index is -4.27. The first-order chi connectivity index (χ1) is 16.1. The molecular weight excluding hydrogens is 589 g/mol. The highest BCUT2D eigenvalue weighted by atomic mass is 127. The lowest BCUT2D eigenvalue weighted by molar-refractivity contribution is -0.572. The molecule has 0 fully saturated rings. The molecule has 0 heterocycles. The summed E-state index contributed by atoms with van der Waals surface area (Å²) < 4.78 is 38.3. The summed E-state index contributed by atoms with van der Waals surface area (Å²) in [7, 11) is -4.27. The number of hydrogen-bond donors (Lipinski definition) is 1. The van der Waals surface area contributed by atoms with Gasteiger partial charge >= 0.3 is 27.2 Å². The minimum absolute atomic E-state index is 0.178. The van der Waals surface area contributed by atoms with E-state index in [9.17, 15) is 17.8 Å². The summed E-state index contributed by atoms with van der Waals surface area (Å²) in [5, 5.41) is 3.96. The van der Waals surface area contributed by atoms with Crippen LogP contribution in [-0.4, -0.2) is 25.5 Å². The van der Waals surface area contributed by atoms with Crippen LogP contribution < -0.4 is 26.5 Å². The molecule has 0 bridgehead atoms. The van der Waals surface area contributed by atoms with Crippen LogP contribution in [0.4, 0.5) is 5.69 Å². The molecule has 180 valence electrons. The zero-order chi connectivity index (χ0) is 25.1. The van der Waals surface area contributed by atoms with Crippen LogP contribution in [0.2, 0.25) is 5.02 Å². The SMILES string of the molecule is CCOC(=O)/C([I+]c1ccccc1)=C(/C)Nc1ccc(Cl)cc1.Cc1ccc(S(=O)(=O)[O-])cc1. The molecule has 0 unspecified atom stereocenters. The van der Waals surface area contributed by atoms with Crippen LogP contribution in [0.1, 0.15) is 19.4 Å². The summed E-state index contributed by atoms with van der Waals surface area (Å²) in [4.78, 5) is 12.1. The third kappa shape index (κ3) is 9.46. The Balaban J connectivity index is 0.000000310. The minimum Gasteiger partial charge on any atom is -0.744 e. The summed E-state index contributed by atoms with van der Waals surface area (Å²) in [6, 6.07) is 23.2. The summed E-state index contributed by atoms with van der Waals surface area (Å²) >= 11 is 5.28. The number of hydrogen-bond acceptors (Lipinski definition) is 6. The highest BCUT2D eigenvalue weighted by Crippen LogP contribution is 2.15. The second-order valence-corrected chi connectivity index (χ2v) is 11.6. The summed E-state index contributed by atoms with van der Waals surface area (Å²) in [5.41, 5.74) is 2.64. The van der Waals surface area contributed by atoms with Gasteiger partial charge < -0.3 is 14.6 Å². The molecule has 0 aliphatic rings. The number of nitrogens with one attached hydrogen (secondary N) is 1. The Bertz CT molecular complexity index is 1210. The number of benzene rings is 3. The van der Waals surface area contributed by atoms with Gasteiger partial charge in [0.15, 0.2) is 3.57 Å². The first kappa shape index (κ1) is 27.8. The van der Waals surface area contributed by atoms with Crippen LogP contribution >= 0.6 is 11.6 Å². The van der Waals surface area contributed by atoms with Crippen molar-refractivity contribution in [3.05, 3.63) is 102 Å². The number of halogens is 2. The predicted molar refractivity (Wildman–Crippen MR) is 129 cm³/mol.